The minimum Gasteiger partial charge on any atom is -0.435 e. The summed E-state index contributed by atoms with van der Waals surface area (Å²) in [6.07, 6.45) is 4.51. The van der Waals surface area contributed by atoms with Crippen LogP contribution in [0.25, 0.3) is 5.65 Å². The topological polar surface area (TPSA) is 107 Å². The Balaban J connectivity index is 1.49. The maximum absolute atomic E-state index is 13.1. The molecule has 0 bridgehead atoms. The summed E-state index contributed by atoms with van der Waals surface area (Å²) in [6.45, 7) is 3.27. The molecule has 0 atom stereocenters. The van der Waals surface area contributed by atoms with Crippen LogP contribution in [0, 0.1) is 11.3 Å². The average Bonchev–Trinajstić information content (AvgIpc) is 3.57. The minimum atomic E-state index is -2.99. The van der Waals surface area contributed by atoms with Crippen LogP contribution < -0.4 is 20.3 Å². The molecule has 1 aromatic carbocycles. The molecule has 0 unspecified atom stereocenters. The average molecular weight is 518 g/mol. The summed E-state index contributed by atoms with van der Waals surface area (Å²) < 4.78 is 32.5. The Morgan fingerprint density at radius 1 is 1.22 bits per heavy atom. The Hall–Kier alpha value is -3.43. The number of hydrogen-bond donors (Lipinski definition) is 2. The summed E-state index contributed by atoms with van der Waals surface area (Å²) in [5.41, 5.74) is 1.51. The number of nitriles is 1. The van der Waals surface area contributed by atoms with E-state index in [0.29, 0.717) is 41.1 Å². The highest BCUT2D eigenvalue weighted by atomic mass is 35.5. The molecule has 2 aliphatic rings. The van der Waals surface area contributed by atoms with Gasteiger partial charge in [-0.2, -0.15) is 33.6 Å². The lowest BCUT2D eigenvalue weighted by atomic mass is 10.2. The van der Waals surface area contributed by atoms with Crippen molar-refractivity contribution in [1.29, 1.82) is 5.26 Å². The summed E-state index contributed by atoms with van der Waals surface area (Å²) in [5.74, 6) is 0.551. The van der Waals surface area contributed by atoms with E-state index in [-0.39, 0.29) is 23.3 Å². The molecule has 1 saturated carbocycles. The number of piperazine rings is 1. The second-order valence-corrected chi connectivity index (χ2v) is 9.21. The molecule has 1 saturated heterocycles. The van der Waals surface area contributed by atoms with Crippen LogP contribution in [0.3, 0.4) is 0 Å². The highest BCUT2D eigenvalue weighted by Crippen LogP contribution is 2.39. The number of fused-ring (bicyclic) bond motifs is 1. The van der Waals surface area contributed by atoms with Gasteiger partial charge in [-0.15, -0.1) is 0 Å². The lowest BCUT2D eigenvalue weighted by molar-refractivity contribution is -0.0497. The molecule has 0 spiro atoms. The van der Waals surface area contributed by atoms with Crippen LogP contribution in [0.15, 0.2) is 18.3 Å². The Bertz CT molecular complexity index is 1280. The van der Waals surface area contributed by atoms with Crippen molar-refractivity contribution in [3.05, 3.63) is 28.9 Å². The molecule has 0 radical (unpaired) electrons. The number of ether oxygens (including phenoxy) is 1. The third-order valence-electron chi connectivity index (χ3n) is 6.15. The van der Waals surface area contributed by atoms with Crippen LogP contribution in [0.2, 0.25) is 5.02 Å². The number of anilines is 4. The molecule has 2 N–H and O–H groups in total. The Morgan fingerprint density at radius 3 is 2.67 bits per heavy atom. The van der Waals surface area contributed by atoms with E-state index in [1.165, 1.54) is 22.8 Å². The fraction of sp³-hybridized carbons (Fsp3) is 0.478. The number of nitrogens with zero attached hydrogens (tertiary/aromatic N) is 7. The number of alkyl halides is 2. The highest BCUT2D eigenvalue weighted by Gasteiger charge is 2.25. The molecule has 0 amide bonds. The predicted molar refractivity (Wildman–Crippen MR) is 132 cm³/mol. The first-order chi connectivity index (χ1) is 17.4. The standard InChI is InChI=1S/C23H26ClF2N9O/c1-2-5-33-6-8-34(9-7-33)18-11-16(36-21(25)26)10-17(19(18)24)30-22-31-20-14(12-27)13-28-35(20)23(32-22)29-15-3-4-15/h10-11,13,15,21H,2-9H2,1H3,(H2,29,30,31,32). The first-order valence-corrected chi connectivity index (χ1v) is 12.3. The fourth-order valence-electron chi connectivity index (χ4n) is 4.24. The summed E-state index contributed by atoms with van der Waals surface area (Å²) >= 11 is 6.79. The van der Waals surface area contributed by atoms with Gasteiger partial charge in [0.1, 0.15) is 17.4 Å². The number of halogens is 3. The lowest BCUT2D eigenvalue weighted by Gasteiger charge is -2.36. The van der Waals surface area contributed by atoms with Crippen LogP contribution in [0.1, 0.15) is 31.7 Å². The normalized spacial score (nSPS) is 16.4. The van der Waals surface area contributed by atoms with Crippen LogP contribution in [0.5, 0.6) is 5.75 Å². The second-order valence-electron chi connectivity index (χ2n) is 8.83. The van der Waals surface area contributed by atoms with E-state index in [4.69, 9.17) is 16.3 Å². The maximum Gasteiger partial charge on any atom is 0.387 e. The SMILES string of the molecule is CCCN1CCN(c2cc(OC(F)F)cc(Nc3nc(NC4CC4)n4ncc(C#N)c4n3)c2Cl)CC1. The van der Waals surface area contributed by atoms with Crippen molar-refractivity contribution in [2.24, 2.45) is 0 Å². The third-order valence-corrected chi connectivity index (χ3v) is 6.55. The molecule has 5 rings (SSSR count). The zero-order chi connectivity index (χ0) is 25.2. The smallest absolute Gasteiger partial charge is 0.387 e. The van der Waals surface area contributed by atoms with Gasteiger partial charge in [-0.25, -0.2) is 0 Å². The van der Waals surface area contributed by atoms with E-state index < -0.39 is 6.61 Å². The first-order valence-electron chi connectivity index (χ1n) is 11.9. The van der Waals surface area contributed by atoms with Gasteiger partial charge >= 0.3 is 6.61 Å². The Morgan fingerprint density at radius 2 is 2.00 bits per heavy atom. The predicted octanol–water partition coefficient (Wildman–Crippen LogP) is 4.10. The second kappa shape index (κ2) is 10.3. The van der Waals surface area contributed by atoms with Crippen molar-refractivity contribution in [3.63, 3.8) is 0 Å². The van der Waals surface area contributed by atoms with Crippen molar-refractivity contribution in [1.82, 2.24) is 24.5 Å². The van der Waals surface area contributed by atoms with Gasteiger partial charge in [0.05, 0.1) is 22.6 Å². The van der Waals surface area contributed by atoms with E-state index in [9.17, 15) is 14.0 Å². The van der Waals surface area contributed by atoms with E-state index in [1.807, 2.05) is 0 Å². The monoisotopic (exact) mass is 517 g/mol. The van der Waals surface area contributed by atoms with Gasteiger partial charge in [0.25, 0.3) is 0 Å². The Kier molecular flexibility index (Phi) is 6.93. The number of benzene rings is 1. The summed E-state index contributed by atoms with van der Waals surface area (Å²) in [4.78, 5) is 13.4. The van der Waals surface area contributed by atoms with Gasteiger partial charge in [-0.1, -0.05) is 18.5 Å². The van der Waals surface area contributed by atoms with Crippen molar-refractivity contribution in [2.45, 2.75) is 38.8 Å². The lowest BCUT2D eigenvalue weighted by Crippen LogP contribution is -2.46. The summed E-state index contributed by atoms with van der Waals surface area (Å²) in [7, 11) is 0. The molecule has 36 heavy (non-hydrogen) atoms. The van der Waals surface area contributed by atoms with Crippen LogP contribution in [0.4, 0.5) is 32.1 Å². The molecule has 10 nitrogen and oxygen atoms in total. The minimum absolute atomic E-state index is 0.0256. The van der Waals surface area contributed by atoms with E-state index in [1.54, 1.807) is 0 Å². The van der Waals surface area contributed by atoms with Gasteiger partial charge in [-0.3, -0.25) is 4.90 Å². The van der Waals surface area contributed by atoms with E-state index >= 15 is 0 Å². The number of rotatable bonds is 9. The van der Waals surface area contributed by atoms with Gasteiger partial charge in [0.15, 0.2) is 5.65 Å². The molecule has 3 heterocycles. The van der Waals surface area contributed by atoms with Crippen LogP contribution in [-0.4, -0.2) is 69.9 Å². The van der Waals surface area contributed by atoms with Gasteiger partial charge in [0.2, 0.25) is 11.9 Å². The summed E-state index contributed by atoms with van der Waals surface area (Å²) in [6, 6.07) is 5.28. The molecule has 13 heteroatoms. The number of nitrogens with one attached hydrogen (secondary N) is 2. The van der Waals surface area contributed by atoms with E-state index in [0.717, 1.165) is 38.9 Å². The fourth-order valence-corrected chi connectivity index (χ4v) is 4.52. The molecule has 1 aliphatic carbocycles. The van der Waals surface area contributed by atoms with Crippen molar-refractivity contribution in [2.75, 3.05) is 48.3 Å². The molecular formula is C23H26ClF2N9O. The largest absolute Gasteiger partial charge is 0.435 e. The highest BCUT2D eigenvalue weighted by molar-refractivity contribution is 6.36. The van der Waals surface area contributed by atoms with E-state index in [2.05, 4.69) is 48.5 Å². The van der Waals surface area contributed by atoms with Gasteiger partial charge in [0, 0.05) is 44.4 Å². The molecule has 2 fully saturated rings. The van der Waals surface area contributed by atoms with Crippen molar-refractivity contribution < 1.29 is 13.5 Å². The van der Waals surface area contributed by atoms with Crippen LogP contribution >= 0.6 is 11.6 Å². The van der Waals surface area contributed by atoms with Gasteiger partial charge in [-0.05, 0) is 25.8 Å². The van der Waals surface area contributed by atoms with Crippen LogP contribution in [-0.2, 0) is 0 Å². The van der Waals surface area contributed by atoms with Gasteiger partial charge < -0.3 is 20.3 Å². The quantitative estimate of drug-likeness (QED) is 0.433. The maximum atomic E-state index is 13.1. The molecule has 190 valence electrons. The zero-order valence-corrected chi connectivity index (χ0v) is 20.5. The Labute approximate surface area is 211 Å². The van der Waals surface area contributed by atoms with Crippen molar-refractivity contribution in [3.8, 4) is 11.8 Å². The number of aromatic nitrogens is 4. The zero-order valence-electron chi connectivity index (χ0n) is 19.7. The van der Waals surface area contributed by atoms with Crippen molar-refractivity contribution >= 4 is 40.5 Å². The molecule has 3 aromatic rings. The summed E-state index contributed by atoms with van der Waals surface area (Å²) in [5, 5.41) is 20.4. The molecular weight excluding hydrogens is 492 g/mol. The molecule has 2 aromatic heterocycles. The molecule has 1 aliphatic heterocycles. The first kappa shape index (κ1) is 24.3. The number of hydrogen-bond acceptors (Lipinski definition) is 9. The third kappa shape index (κ3) is 5.22.